The van der Waals surface area contributed by atoms with Gasteiger partial charge in [-0.05, 0) is 49.2 Å². The van der Waals surface area contributed by atoms with E-state index in [0.717, 1.165) is 42.7 Å². The molecule has 0 saturated carbocycles. The minimum atomic E-state index is -0.0855. The summed E-state index contributed by atoms with van der Waals surface area (Å²) in [5.74, 6) is 1.63. The predicted octanol–water partition coefficient (Wildman–Crippen LogP) is 4.92. The average molecular weight is 449 g/mol. The zero-order valence-corrected chi connectivity index (χ0v) is 18.5. The zero-order chi connectivity index (χ0) is 22.2. The van der Waals surface area contributed by atoms with Gasteiger partial charge in [0.25, 0.3) is 5.91 Å². The lowest BCUT2D eigenvalue weighted by Crippen LogP contribution is -2.25. The highest BCUT2D eigenvalue weighted by Crippen LogP contribution is 2.23. The molecule has 0 unspecified atom stereocenters. The second-order valence-corrected chi connectivity index (χ2v) is 7.80. The first kappa shape index (κ1) is 21.8. The van der Waals surface area contributed by atoms with E-state index in [1.54, 1.807) is 24.5 Å². The first-order chi connectivity index (χ1) is 15.7. The summed E-state index contributed by atoms with van der Waals surface area (Å²) in [6, 6.07) is 19.1. The van der Waals surface area contributed by atoms with E-state index in [-0.39, 0.29) is 5.91 Å². The molecule has 32 heavy (non-hydrogen) atoms. The van der Waals surface area contributed by atoms with E-state index in [4.69, 9.17) is 21.3 Å². The van der Waals surface area contributed by atoms with Crippen molar-refractivity contribution < 1.29 is 9.53 Å². The Bertz CT molecular complexity index is 1180. The Kier molecular flexibility index (Phi) is 7.35. The number of para-hydroxylation sites is 3. The Hall–Kier alpha value is -3.38. The Balaban J connectivity index is 1.33. The summed E-state index contributed by atoms with van der Waals surface area (Å²) in [7, 11) is 0. The van der Waals surface area contributed by atoms with Crippen LogP contribution in [0, 0.1) is 0 Å². The molecule has 2 heterocycles. The van der Waals surface area contributed by atoms with Crippen molar-refractivity contribution in [2.75, 3.05) is 13.2 Å². The van der Waals surface area contributed by atoms with Gasteiger partial charge in [-0.3, -0.25) is 9.78 Å². The summed E-state index contributed by atoms with van der Waals surface area (Å²) in [4.78, 5) is 21.0. The molecule has 164 valence electrons. The number of pyridine rings is 1. The van der Waals surface area contributed by atoms with Gasteiger partial charge in [0.1, 0.15) is 11.6 Å². The van der Waals surface area contributed by atoms with Crippen LogP contribution in [0.25, 0.3) is 11.0 Å². The molecule has 0 spiro atoms. The molecule has 0 bridgehead atoms. The molecule has 0 aliphatic carbocycles. The fraction of sp³-hybridized carbons (Fsp3) is 0.240. The van der Waals surface area contributed by atoms with Crippen LogP contribution in [0.4, 0.5) is 0 Å². The molecule has 0 atom stereocenters. The number of nitrogens with one attached hydrogen (secondary N) is 1. The van der Waals surface area contributed by atoms with Gasteiger partial charge < -0.3 is 14.6 Å². The monoisotopic (exact) mass is 448 g/mol. The first-order valence-corrected chi connectivity index (χ1v) is 11.1. The number of amides is 1. The highest BCUT2D eigenvalue weighted by atomic mass is 35.5. The molecule has 0 radical (unpaired) electrons. The van der Waals surface area contributed by atoms with E-state index in [2.05, 4.69) is 20.9 Å². The number of ether oxygens (including phenoxy) is 1. The lowest BCUT2D eigenvalue weighted by atomic mass is 10.2. The molecule has 1 amide bonds. The van der Waals surface area contributed by atoms with Crippen molar-refractivity contribution in [1.82, 2.24) is 19.9 Å². The van der Waals surface area contributed by atoms with Crippen LogP contribution in [-0.2, 0) is 13.0 Å². The molecular formula is C25H25ClN4O2. The maximum Gasteiger partial charge on any atom is 0.251 e. The van der Waals surface area contributed by atoms with E-state index in [9.17, 15) is 4.79 Å². The van der Waals surface area contributed by atoms with Crippen LogP contribution in [0.5, 0.6) is 5.75 Å². The zero-order valence-electron chi connectivity index (χ0n) is 17.7. The number of hydrogen-bond donors (Lipinski definition) is 1. The number of benzene rings is 2. The summed E-state index contributed by atoms with van der Waals surface area (Å²) < 4.78 is 8.08. The number of halogens is 1. The highest BCUT2D eigenvalue weighted by Gasteiger charge is 2.11. The van der Waals surface area contributed by atoms with Gasteiger partial charge in [-0.25, -0.2) is 4.98 Å². The van der Waals surface area contributed by atoms with Crippen LogP contribution in [-0.4, -0.2) is 33.6 Å². The SMILES string of the molecule is O=C(NCCCc1nc2ccccc2n1CCCOc1ccccc1Cl)c1ccncc1. The van der Waals surface area contributed by atoms with E-state index >= 15 is 0 Å². The first-order valence-electron chi connectivity index (χ1n) is 10.7. The number of hydrogen-bond acceptors (Lipinski definition) is 4. The van der Waals surface area contributed by atoms with Crippen LogP contribution < -0.4 is 10.1 Å². The van der Waals surface area contributed by atoms with Gasteiger partial charge in [0, 0.05) is 37.5 Å². The number of carbonyl (C=O) groups is 1. The normalized spacial score (nSPS) is 10.9. The van der Waals surface area contributed by atoms with Crippen LogP contribution in [0.15, 0.2) is 73.1 Å². The third-order valence-corrected chi connectivity index (χ3v) is 5.47. The summed E-state index contributed by atoms with van der Waals surface area (Å²) in [6.07, 6.45) is 5.64. The molecule has 4 aromatic rings. The average Bonchev–Trinajstić information content (AvgIpc) is 3.18. The van der Waals surface area contributed by atoms with Crippen molar-refractivity contribution in [1.29, 1.82) is 0 Å². The summed E-state index contributed by atoms with van der Waals surface area (Å²) in [5.41, 5.74) is 2.71. The Morgan fingerprint density at radius 1 is 1.00 bits per heavy atom. The van der Waals surface area contributed by atoms with Gasteiger partial charge in [0.15, 0.2) is 0 Å². The number of aryl methyl sites for hydroxylation is 2. The lowest BCUT2D eigenvalue weighted by Gasteiger charge is -2.11. The minimum Gasteiger partial charge on any atom is -0.492 e. The van der Waals surface area contributed by atoms with Gasteiger partial charge in [0.2, 0.25) is 0 Å². The van der Waals surface area contributed by atoms with Crippen LogP contribution in [0.2, 0.25) is 5.02 Å². The van der Waals surface area contributed by atoms with Gasteiger partial charge in [0.05, 0.1) is 22.7 Å². The molecule has 2 aromatic heterocycles. The van der Waals surface area contributed by atoms with E-state index in [1.165, 1.54) is 0 Å². The standard InChI is InChI=1S/C25H25ClN4O2/c26-20-7-1-4-10-23(20)32-18-6-17-30-22-9-3-2-8-21(22)29-24(30)11-5-14-28-25(31)19-12-15-27-16-13-19/h1-4,7-10,12-13,15-16H,5-6,11,14,17-18H2,(H,28,31). The predicted molar refractivity (Wildman–Crippen MR) is 126 cm³/mol. The van der Waals surface area contributed by atoms with Crippen molar-refractivity contribution in [3.05, 3.63) is 89.5 Å². The van der Waals surface area contributed by atoms with Crippen molar-refractivity contribution >= 4 is 28.5 Å². The number of rotatable bonds is 10. The lowest BCUT2D eigenvalue weighted by molar-refractivity contribution is 0.0953. The summed E-state index contributed by atoms with van der Waals surface area (Å²) in [6.45, 7) is 1.95. The van der Waals surface area contributed by atoms with Crippen molar-refractivity contribution in [3.63, 3.8) is 0 Å². The smallest absolute Gasteiger partial charge is 0.251 e. The van der Waals surface area contributed by atoms with Gasteiger partial charge in [-0.2, -0.15) is 0 Å². The maximum absolute atomic E-state index is 12.2. The molecule has 4 rings (SSSR count). The number of imidazole rings is 1. The Labute approximate surface area is 192 Å². The third-order valence-electron chi connectivity index (χ3n) is 5.16. The molecule has 0 aliphatic rings. The molecule has 0 fully saturated rings. The fourth-order valence-corrected chi connectivity index (χ4v) is 3.78. The number of nitrogens with zero attached hydrogens (tertiary/aromatic N) is 3. The van der Waals surface area contributed by atoms with Gasteiger partial charge >= 0.3 is 0 Å². The molecule has 1 N–H and O–H groups in total. The number of carbonyl (C=O) groups excluding carboxylic acids is 1. The molecule has 0 saturated heterocycles. The second-order valence-electron chi connectivity index (χ2n) is 7.40. The Morgan fingerprint density at radius 3 is 2.62 bits per heavy atom. The fourth-order valence-electron chi connectivity index (χ4n) is 3.59. The van der Waals surface area contributed by atoms with Crippen LogP contribution >= 0.6 is 11.6 Å². The van der Waals surface area contributed by atoms with Gasteiger partial charge in [-0.15, -0.1) is 0 Å². The third kappa shape index (κ3) is 5.45. The largest absolute Gasteiger partial charge is 0.492 e. The summed E-state index contributed by atoms with van der Waals surface area (Å²) >= 11 is 6.17. The van der Waals surface area contributed by atoms with Crippen molar-refractivity contribution in [3.8, 4) is 5.75 Å². The number of aromatic nitrogens is 3. The van der Waals surface area contributed by atoms with E-state index in [0.29, 0.717) is 29.5 Å². The molecule has 0 aliphatic heterocycles. The highest BCUT2D eigenvalue weighted by molar-refractivity contribution is 6.32. The molecular weight excluding hydrogens is 424 g/mol. The molecule has 2 aromatic carbocycles. The van der Waals surface area contributed by atoms with Crippen LogP contribution in [0.3, 0.4) is 0 Å². The van der Waals surface area contributed by atoms with Gasteiger partial charge in [-0.1, -0.05) is 35.9 Å². The second kappa shape index (κ2) is 10.8. The van der Waals surface area contributed by atoms with Crippen molar-refractivity contribution in [2.45, 2.75) is 25.8 Å². The topological polar surface area (TPSA) is 69.0 Å². The Morgan fingerprint density at radius 2 is 1.78 bits per heavy atom. The summed E-state index contributed by atoms with van der Waals surface area (Å²) in [5, 5.41) is 3.58. The molecule has 7 heteroatoms. The van der Waals surface area contributed by atoms with E-state index < -0.39 is 0 Å². The molecule has 6 nitrogen and oxygen atoms in total. The van der Waals surface area contributed by atoms with E-state index in [1.807, 2.05) is 42.5 Å². The number of fused-ring (bicyclic) bond motifs is 1. The quantitative estimate of drug-likeness (QED) is 0.350. The minimum absolute atomic E-state index is 0.0855. The maximum atomic E-state index is 12.2. The van der Waals surface area contributed by atoms with Crippen LogP contribution in [0.1, 0.15) is 29.0 Å². The van der Waals surface area contributed by atoms with Crippen molar-refractivity contribution in [2.24, 2.45) is 0 Å².